The maximum atomic E-state index is 11.7. The predicted octanol–water partition coefficient (Wildman–Crippen LogP) is 2.60. The Bertz CT molecular complexity index is 700. The first-order chi connectivity index (χ1) is 12.0. The van der Waals surface area contributed by atoms with Gasteiger partial charge in [-0.3, -0.25) is 14.4 Å². The quantitative estimate of drug-likeness (QED) is 0.711. The lowest BCUT2D eigenvalue weighted by molar-refractivity contribution is -0.138. The van der Waals surface area contributed by atoms with Gasteiger partial charge in [-0.1, -0.05) is 53.6 Å². The molecule has 2 rings (SSSR count). The van der Waals surface area contributed by atoms with Crippen molar-refractivity contribution in [2.45, 2.75) is 19.8 Å². The molecule has 0 unspecified atom stereocenters. The Balaban J connectivity index is 1.59. The van der Waals surface area contributed by atoms with E-state index in [9.17, 15) is 9.59 Å². The van der Waals surface area contributed by atoms with Gasteiger partial charge in [0.15, 0.2) is 6.61 Å². The number of hydrogen-bond acceptors (Lipinski definition) is 3. The molecule has 0 spiro atoms. The maximum absolute atomic E-state index is 11.7. The molecule has 0 bridgehead atoms. The maximum Gasteiger partial charge on any atom is 0.248 e. The van der Waals surface area contributed by atoms with Crippen molar-refractivity contribution in [2.75, 3.05) is 13.2 Å². The fourth-order valence-corrected chi connectivity index (χ4v) is 2.28. The number of carbonyl (C=O) groups excluding carboxylic acids is 2. The molecule has 0 saturated heterocycles. The molecule has 0 heterocycles. The first-order valence-electron chi connectivity index (χ1n) is 8.00. The molecule has 0 aliphatic heterocycles. The first-order valence-corrected chi connectivity index (χ1v) is 8.38. The molecule has 0 aliphatic carbocycles. The molecule has 0 fully saturated rings. The third kappa shape index (κ3) is 7.37. The van der Waals surface area contributed by atoms with Crippen molar-refractivity contribution >= 4 is 23.4 Å². The van der Waals surface area contributed by atoms with Crippen molar-refractivity contribution < 1.29 is 14.4 Å². The Morgan fingerprint density at radius 3 is 2.28 bits per heavy atom. The van der Waals surface area contributed by atoms with E-state index in [0.717, 1.165) is 16.7 Å². The van der Waals surface area contributed by atoms with Gasteiger partial charge >= 0.3 is 0 Å². The predicted molar refractivity (Wildman–Crippen MR) is 97.1 cm³/mol. The third-order valence-electron chi connectivity index (χ3n) is 3.52. The molecule has 0 saturated carbocycles. The van der Waals surface area contributed by atoms with E-state index in [4.69, 9.17) is 16.4 Å². The summed E-state index contributed by atoms with van der Waals surface area (Å²) in [5, 5.41) is 3.41. The topological polar surface area (TPSA) is 67.4 Å². The van der Waals surface area contributed by atoms with E-state index < -0.39 is 0 Å². The van der Waals surface area contributed by atoms with Crippen molar-refractivity contribution in [2.24, 2.45) is 0 Å². The summed E-state index contributed by atoms with van der Waals surface area (Å²) in [4.78, 5) is 28.3. The molecule has 132 valence electrons. The minimum Gasteiger partial charge on any atom is -0.354 e. The number of hydrogen-bond donors (Lipinski definition) is 2. The van der Waals surface area contributed by atoms with Gasteiger partial charge in [-0.15, -0.1) is 0 Å². The zero-order valence-corrected chi connectivity index (χ0v) is 14.8. The second-order valence-corrected chi connectivity index (χ2v) is 6.14. The van der Waals surface area contributed by atoms with Crippen molar-refractivity contribution in [3.05, 3.63) is 70.2 Å². The molecule has 0 radical (unpaired) electrons. The number of amides is 2. The third-order valence-corrected chi connectivity index (χ3v) is 3.78. The number of nitrogens with one attached hydrogen (secondary N) is 2. The van der Waals surface area contributed by atoms with Crippen LogP contribution in [0.4, 0.5) is 0 Å². The van der Waals surface area contributed by atoms with Gasteiger partial charge in [0.2, 0.25) is 11.8 Å². The lowest BCUT2D eigenvalue weighted by Gasteiger charge is -2.07. The lowest BCUT2D eigenvalue weighted by atomic mass is 10.1. The van der Waals surface area contributed by atoms with Crippen LogP contribution in [0.15, 0.2) is 48.5 Å². The van der Waals surface area contributed by atoms with Crippen LogP contribution in [0.25, 0.3) is 0 Å². The van der Waals surface area contributed by atoms with E-state index in [-0.39, 0.29) is 24.8 Å². The number of hydroxylamine groups is 1. The average molecular weight is 361 g/mol. The van der Waals surface area contributed by atoms with Crippen LogP contribution in [0.2, 0.25) is 5.02 Å². The standard InChI is InChI=1S/C19H21ClN2O3/c1-14-2-4-16(5-3-14)12-18(23)22-25-13-19(24)21-11-10-15-6-8-17(20)9-7-15/h2-9H,10-13H2,1H3,(H,21,24)(H,22,23). The summed E-state index contributed by atoms with van der Waals surface area (Å²) >= 11 is 5.82. The number of rotatable bonds is 8. The van der Waals surface area contributed by atoms with E-state index in [2.05, 4.69) is 10.8 Å². The monoisotopic (exact) mass is 360 g/mol. The van der Waals surface area contributed by atoms with Gasteiger partial charge in [-0.2, -0.15) is 0 Å². The van der Waals surface area contributed by atoms with Crippen molar-refractivity contribution in [3.63, 3.8) is 0 Å². The van der Waals surface area contributed by atoms with Crippen LogP contribution in [-0.2, 0) is 27.3 Å². The molecule has 0 aromatic heterocycles. The molecule has 25 heavy (non-hydrogen) atoms. The zero-order valence-electron chi connectivity index (χ0n) is 14.0. The smallest absolute Gasteiger partial charge is 0.248 e. The summed E-state index contributed by atoms with van der Waals surface area (Å²) in [6.07, 6.45) is 0.904. The van der Waals surface area contributed by atoms with E-state index >= 15 is 0 Å². The average Bonchev–Trinajstić information content (AvgIpc) is 2.59. The number of benzene rings is 2. The second kappa shape index (κ2) is 9.81. The van der Waals surface area contributed by atoms with Crippen molar-refractivity contribution in [3.8, 4) is 0 Å². The van der Waals surface area contributed by atoms with E-state index in [1.54, 1.807) is 0 Å². The van der Waals surface area contributed by atoms with Crippen molar-refractivity contribution in [1.82, 2.24) is 10.8 Å². The van der Waals surface area contributed by atoms with Gasteiger partial charge in [0.05, 0.1) is 6.42 Å². The van der Waals surface area contributed by atoms with Gasteiger partial charge in [0.1, 0.15) is 0 Å². The Morgan fingerprint density at radius 2 is 1.60 bits per heavy atom. The largest absolute Gasteiger partial charge is 0.354 e. The first kappa shape index (κ1) is 19.0. The minimum atomic E-state index is -0.294. The SMILES string of the molecule is Cc1ccc(CC(=O)NOCC(=O)NCCc2ccc(Cl)cc2)cc1. The van der Waals surface area contributed by atoms with Gasteiger partial charge in [-0.25, -0.2) is 5.48 Å². The fraction of sp³-hybridized carbons (Fsp3) is 0.263. The molecule has 0 atom stereocenters. The highest BCUT2D eigenvalue weighted by Gasteiger charge is 2.06. The summed E-state index contributed by atoms with van der Waals surface area (Å²) < 4.78 is 0. The van der Waals surface area contributed by atoms with Crippen LogP contribution in [-0.4, -0.2) is 25.0 Å². The van der Waals surface area contributed by atoms with Gasteiger partial charge in [0.25, 0.3) is 0 Å². The van der Waals surface area contributed by atoms with Gasteiger partial charge in [-0.05, 0) is 36.6 Å². The Kier molecular flexibility index (Phi) is 7.44. The van der Waals surface area contributed by atoms with Crippen LogP contribution in [0.3, 0.4) is 0 Å². The van der Waals surface area contributed by atoms with Crippen molar-refractivity contribution in [1.29, 1.82) is 0 Å². The van der Waals surface area contributed by atoms with Crippen LogP contribution in [0, 0.1) is 6.92 Å². The van der Waals surface area contributed by atoms with Gasteiger partial charge in [0, 0.05) is 11.6 Å². The molecule has 2 amide bonds. The summed E-state index contributed by atoms with van der Waals surface area (Å²) in [5.41, 5.74) is 5.38. The Morgan fingerprint density at radius 1 is 0.960 bits per heavy atom. The lowest BCUT2D eigenvalue weighted by Crippen LogP contribution is -2.34. The van der Waals surface area contributed by atoms with E-state index in [1.165, 1.54) is 0 Å². The molecule has 2 aromatic rings. The summed E-state index contributed by atoms with van der Waals surface area (Å²) in [6.45, 7) is 2.25. The molecule has 5 nitrogen and oxygen atoms in total. The highest BCUT2D eigenvalue weighted by Crippen LogP contribution is 2.09. The molecular weight excluding hydrogens is 340 g/mol. The number of aryl methyl sites for hydroxylation is 1. The van der Waals surface area contributed by atoms with E-state index in [0.29, 0.717) is 18.0 Å². The van der Waals surface area contributed by atoms with E-state index in [1.807, 2.05) is 55.5 Å². The normalized spacial score (nSPS) is 10.3. The summed E-state index contributed by atoms with van der Waals surface area (Å²) in [6, 6.07) is 15.1. The Labute approximate surface area is 152 Å². The molecule has 0 aliphatic rings. The minimum absolute atomic E-state index is 0.207. The molecule has 2 N–H and O–H groups in total. The molecule has 2 aromatic carbocycles. The Hall–Kier alpha value is -2.37. The highest BCUT2D eigenvalue weighted by atomic mass is 35.5. The van der Waals surface area contributed by atoms with Crippen LogP contribution in [0.5, 0.6) is 0 Å². The number of halogens is 1. The number of carbonyl (C=O) groups is 2. The molecule has 6 heteroatoms. The summed E-state index contributed by atoms with van der Waals surface area (Å²) in [5.74, 6) is -0.581. The highest BCUT2D eigenvalue weighted by molar-refractivity contribution is 6.30. The summed E-state index contributed by atoms with van der Waals surface area (Å²) in [7, 11) is 0. The van der Waals surface area contributed by atoms with Crippen LogP contribution in [0.1, 0.15) is 16.7 Å². The fourth-order valence-electron chi connectivity index (χ4n) is 2.16. The molecular formula is C19H21ClN2O3. The zero-order chi connectivity index (χ0) is 18.1. The van der Waals surface area contributed by atoms with Gasteiger partial charge < -0.3 is 5.32 Å². The second-order valence-electron chi connectivity index (χ2n) is 5.70. The van der Waals surface area contributed by atoms with Crippen LogP contribution >= 0.6 is 11.6 Å². The van der Waals surface area contributed by atoms with Crippen LogP contribution < -0.4 is 10.8 Å².